The number of nitrogens with one attached hydrogen (secondary N) is 1. The van der Waals surface area contributed by atoms with Crippen LogP contribution in [0.5, 0.6) is 0 Å². The van der Waals surface area contributed by atoms with Crippen molar-refractivity contribution in [1.29, 1.82) is 0 Å². The standard InChI is InChI=1S/C22H44N4O4/c1-11-15(6)20(16(30-10)12-17(23)27)26(9)22(29)18(13(2)3)24-21(28)19(14(4)5)25(7)8/h13-16,18-20H,11-12H2,1-10H3,(H2,23,27)(H,24,28)/t15-,16+,18?,19-,20-/m0/s1. The van der Waals surface area contributed by atoms with Gasteiger partial charge >= 0.3 is 0 Å². The molecule has 176 valence electrons. The fraction of sp³-hybridized carbons (Fsp3) is 0.864. The second-order valence-corrected chi connectivity index (χ2v) is 9.15. The molecular formula is C22H44N4O4. The molecule has 0 aromatic heterocycles. The van der Waals surface area contributed by atoms with Gasteiger partial charge in [-0.1, -0.05) is 48.0 Å². The molecule has 0 spiro atoms. The van der Waals surface area contributed by atoms with Gasteiger partial charge in [-0.25, -0.2) is 0 Å². The predicted molar refractivity (Wildman–Crippen MR) is 120 cm³/mol. The highest BCUT2D eigenvalue weighted by molar-refractivity contribution is 5.90. The Hall–Kier alpha value is -1.67. The van der Waals surface area contributed by atoms with Crippen molar-refractivity contribution in [3.8, 4) is 0 Å². The Morgan fingerprint density at radius 3 is 1.87 bits per heavy atom. The second kappa shape index (κ2) is 12.9. The predicted octanol–water partition coefficient (Wildman–Crippen LogP) is 1.48. The summed E-state index contributed by atoms with van der Waals surface area (Å²) in [5.41, 5.74) is 5.40. The lowest BCUT2D eigenvalue weighted by atomic mass is 9.90. The molecule has 1 unspecified atom stereocenters. The SMILES string of the molecule is CC[C@H](C)[C@@H]([C@@H](CC(N)=O)OC)N(C)C(=O)C(NC(=O)[C@H](C(C)C)N(C)C)C(C)C. The van der Waals surface area contributed by atoms with E-state index in [0.29, 0.717) is 0 Å². The average molecular weight is 429 g/mol. The number of hydrogen-bond acceptors (Lipinski definition) is 5. The van der Waals surface area contributed by atoms with Crippen molar-refractivity contribution in [2.45, 2.75) is 78.6 Å². The van der Waals surface area contributed by atoms with E-state index in [4.69, 9.17) is 10.5 Å². The molecule has 0 saturated heterocycles. The van der Waals surface area contributed by atoms with Crippen LogP contribution in [-0.4, -0.2) is 80.0 Å². The minimum Gasteiger partial charge on any atom is -0.379 e. The van der Waals surface area contributed by atoms with E-state index in [1.165, 1.54) is 7.11 Å². The number of hydrogen-bond donors (Lipinski definition) is 2. The van der Waals surface area contributed by atoms with Crippen molar-refractivity contribution >= 4 is 17.7 Å². The first-order valence-electron chi connectivity index (χ1n) is 10.8. The smallest absolute Gasteiger partial charge is 0.245 e. The lowest BCUT2D eigenvalue weighted by Gasteiger charge is -2.40. The summed E-state index contributed by atoms with van der Waals surface area (Å²) in [6.07, 6.45) is 0.313. The van der Waals surface area contributed by atoms with E-state index in [9.17, 15) is 14.4 Å². The number of nitrogens with two attached hydrogens (primary N) is 1. The van der Waals surface area contributed by atoms with Gasteiger partial charge in [0.05, 0.1) is 24.6 Å². The summed E-state index contributed by atoms with van der Waals surface area (Å²) in [7, 11) is 6.94. The quantitative estimate of drug-likeness (QED) is 0.462. The summed E-state index contributed by atoms with van der Waals surface area (Å²) in [5.74, 6) is -0.768. The van der Waals surface area contributed by atoms with Gasteiger partial charge in [-0.2, -0.15) is 0 Å². The summed E-state index contributed by atoms with van der Waals surface area (Å²) in [6, 6.07) is -1.36. The van der Waals surface area contributed by atoms with Crippen LogP contribution in [0.1, 0.15) is 54.4 Å². The molecule has 0 aliphatic rings. The minimum absolute atomic E-state index is 0.0257. The van der Waals surface area contributed by atoms with Crippen molar-refractivity contribution in [3.63, 3.8) is 0 Å². The van der Waals surface area contributed by atoms with Crippen LogP contribution >= 0.6 is 0 Å². The summed E-state index contributed by atoms with van der Waals surface area (Å²) in [4.78, 5) is 41.5. The molecular weight excluding hydrogens is 384 g/mol. The topological polar surface area (TPSA) is 105 Å². The zero-order valence-corrected chi connectivity index (χ0v) is 20.6. The maximum Gasteiger partial charge on any atom is 0.245 e. The van der Waals surface area contributed by atoms with Crippen molar-refractivity contribution in [3.05, 3.63) is 0 Å². The van der Waals surface area contributed by atoms with Gasteiger partial charge in [-0.05, 0) is 31.8 Å². The summed E-state index contributed by atoms with van der Waals surface area (Å²) in [6.45, 7) is 11.8. The highest BCUT2D eigenvalue weighted by Gasteiger charge is 2.38. The normalized spacial score (nSPS) is 16.8. The van der Waals surface area contributed by atoms with Gasteiger partial charge in [0, 0.05) is 14.2 Å². The van der Waals surface area contributed by atoms with Crippen LogP contribution in [0.4, 0.5) is 0 Å². The van der Waals surface area contributed by atoms with E-state index < -0.39 is 18.1 Å². The molecule has 0 aromatic rings. The van der Waals surface area contributed by atoms with Gasteiger partial charge in [0.25, 0.3) is 0 Å². The number of primary amides is 1. The van der Waals surface area contributed by atoms with E-state index in [2.05, 4.69) is 5.32 Å². The van der Waals surface area contributed by atoms with Crippen molar-refractivity contribution in [2.75, 3.05) is 28.3 Å². The maximum atomic E-state index is 13.5. The lowest BCUT2D eigenvalue weighted by Crippen LogP contribution is -2.59. The van der Waals surface area contributed by atoms with Crippen LogP contribution in [0.3, 0.4) is 0 Å². The molecule has 8 nitrogen and oxygen atoms in total. The van der Waals surface area contributed by atoms with E-state index in [0.717, 1.165) is 6.42 Å². The van der Waals surface area contributed by atoms with Crippen molar-refractivity contribution in [2.24, 2.45) is 23.5 Å². The Balaban J connectivity index is 5.80. The van der Waals surface area contributed by atoms with Crippen molar-refractivity contribution < 1.29 is 19.1 Å². The van der Waals surface area contributed by atoms with Crippen LogP contribution in [0.2, 0.25) is 0 Å². The Morgan fingerprint density at radius 1 is 1.00 bits per heavy atom. The third-order valence-corrected chi connectivity index (χ3v) is 5.79. The molecule has 3 amide bonds. The van der Waals surface area contributed by atoms with E-state index in [-0.39, 0.29) is 48.1 Å². The van der Waals surface area contributed by atoms with Gasteiger partial charge < -0.3 is 20.7 Å². The Labute approximate surface area is 182 Å². The Kier molecular flexibility index (Phi) is 12.2. The van der Waals surface area contributed by atoms with Gasteiger partial charge in [0.15, 0.2) is 0 Å². The zero-order chi connectivity index (χ0) is 23.8. The minimum atomic E-state index is -0.679. The number of carbonyl (C=O) groups is 3. The monoisotopic (exact) mass is 428 g/mol. The second-order valence-electron chi connectivity index (χ2n) is 9.15. The molecule has 30 heavy (non-hydrogen) atoms. The van der Waals surface area contributed by atoms with Crippen LogP contribution in [0.15, 0.2) is 0 Å². The molecule has 0 rings (SSSR count). The Bertz CT molecular complexity index is 557. The van der Waals surface area contributed by atoms with Crippen molar-refractivity contribution in [1.82, 2.24) is 15.1 Å². The molecule has 0 heterocycles. The molecule has 0 bridgehead atoms. The molecule has 5 atom stereocenters. The first kappa shape index (κ1) is 28.3. The Morgan fingerprint density at radius 2 is 1.53 bits per heavy atom. The van der Waals surface area contributed by atoms with Crippen LogP contribution in [0.25, 0.3) is 0 Å². The lowest BCUT2D eigenvalue weighted by molar-refractivity contribution is -0.144. The van der Waals surface area contributed by atoms with Gasteiger partial charge in [0.1, 0.15) is 6.04 Å². The molecule has 0 aliphatic carbocycles. The summed E-state index contributed by atoms with van der Waals surface area (Å²) in [5, 5.41) is 2.97. The van der Waals surface area contributed by atoms with Crippen LogP contribution in [0, 0.1) is 17.8 Å². The maximum absolute atomic E-state index is 13.5. The highest BCUT2D eigenvalue weighted by Crippen LogP contribution is 2.23. The fourth-order valence-electron chi connectivity index (χ4n) is 4.03. The third kappa shape index (κ3) is 7.87. The first-order chi connectivity index (χ1) is 13.8. The summed E-state index contributed by atoms with van der Waals surface area (Å²) < 4.78 is 5.55. The van der Waals surface area contributed by atoms with Crippen LogP contribution < -0.4 is 11.1 Å². The largest absolute Gasteiger partial charge is 0.379 e. The number of likely N-dealkylation sites (N-methyl/N-ethyl adjacent to an activating group) is 2. The van der Waals surface area contributed by atoms with E-state index in [1.54, 1.807) is 11.9 Å². The number of rotatable bonds is 13. The number of amides is 3. The number of methoxy groups -OCH3 is 1. The molecule has 0 saturated carbocycles. The molecule has 3 N–H and O–H groups in total. The van der Waals surface area contributed by atoms with Crippen LogP contribution in [-0.2, 0) is 19.1 Å². The summed E-state index contributed by atoms with van der Waals surface area (Å²) >= 11 is 0. The zero-order valence-electron chi connectivity index (χ0n) is 20.6. The third-order valence-electron chi connectivity index (χ3n) is 5.79. The van der Waals surface area contributed by atoms with Gasteiger partial charge in [-0.15, -0.1) is 0 Å². The molecule has 8 heteroatoms. The average Bonchev–Trinajstić information content (AvgIpc) is 2.63. The molecule has 0 radical (unpaired) electrons. The fourth-order valence-corrected chi connectivity index (χ4v) is 4.03. The first-order valence-corrected chi connectivity index (χ1v) is 10.8. The number of carbonyl (C=O) groups excluding carboxylic acids is 3. The van der Waals surface area contributed by atoms with E-state index >= 15 is 0 Å². The molecule has 0 fully saturated rings. The number of ether oxygens (including phenoxy) is 1. The van der Waals surface area contributed by atoms with E-state index in [1.807, 2.05) is 60.5 Å². The molecule has 0 aliphatic heterocycles. The number of nitrogens with zero attached hydrogens (tertiary/aromatic N) is 2. The highest BCUT2D eigenvalue weighted by atomic mass is 16.5. The molecule has 0 aromatic carbocycles. The van der Waals surface area contributed by atoms with Gasteiger partial charge in [-0.3, -0.25) is 19.3 Å². The van der Waals surface area contributed by atoms with Gasteiger partial charge in [0.2, 0.25) is 17.7 Å².